The second-order valence-electron chi connectivity index (χ2n) is 31.3. The number of rotatable bonds is 84. The lowest BCUT2D eigenvalue weighted by atomic mass is 9.99. The molecule has 0 rings (SSSR count). The number of hydrogen-bond acceptors (Lipinski definition) is 15. The van der Waals surface area contributed by atoms with E-state index in [1.165, 1.54) is 263 Å². The molecule has 618 valence electrons. The standard InChI is InChI=1S/C85H166O17P2/c1-7-10-12-14-16-18-20-21-22-23-24-25-26-30-33-36-40-43-49-55-61-67-82(87)95-73-80(101-85(90)70-64-58-51-45-41-37-34-31-28-27-29-32-35-39-42-48-54-60-66-78(6)9-3)75-99-103(91,92)97-71-79(86)72-98-104(93,94)100-76-81(74-96-83(88)68-62-56-52-46-47-53-59-65-77(4)5)102-84(89)69-63-57-50-44-38-19-17-15-13-11-8-2/h77-81,86H,7-76H2,1-6H3,(H,91,92)(H,93,94)/t78?,79-,80-,81-/m1/s1. The van der Waals surface area contributed by atoms with Crippen LogP contribution in [-0.2, 0) is 65.4 Å². The van der Waals surface area contributed by atoms with E-state index in [-0.39, 0.29) is 25.7 Å². The van der Waals surface area contributed by atoms with Crippen LogP contribution in [0.1, 0.15) is 452 Å². The van der Waals surface area contributed by atoms with E-state index in [4.69, 9.17) is 37.0 Å². The van der Waals surface area contributed by atoms with E-state index in [1.807, 2.05) is 0 Å². The minimum absolute atomic E-state index is 0.106. The SMILES string of the molecule is CCCCCCCCCCCCCCCCCCCCCCCC(=O)OC[C@H](COP(=O)(O)OC[C@@H](O)COP(=O)(O)OC[C@@H](COC(=O)CCCCCCCCCC(C)C)OC(=O)CCCCCCCCCCCCC)OC(=O)CCCCCCCCCCCCCCCCCCCCC(C)CC. The van der Waals surface area contributed by atoms with E-state index in [9.17, 15) is 43.2 Å². The zero-order valence-electron chi connectivity index (χ0n) is 68.3. The van der Waals surface area contributed by atoms with E-state index >= 15 is 0 Å². The third-order valence-corrected chi connectivity index (χ3v) is 22.2. The fourth-order valence-electron chi connectivity index (χ4n) is 13.2. The highest BCUT2D eigenvalue weighted by Crippen LogP contribution is 2.45. The van der Waals surface area contributed by atoms with Crippen LogP contribution in [0.25, 0.3) is 0 Å². The Bertz CT molecular complexity index is 2000. The van der Waals surface area contributed by atoms with Gasteiger partial charge in [-0.2, -0.15) is 0 Å². The zero-order valence-corrected chi connectivity index (χ0v) is 70.1. The second kappa shape index (κ2) is 76.4. The molecule has 0 aliphatic carbocycles. The number of esters is 4. The number of hydrogen-bond donors (Lipinski definition) is 3. The number of carbonyl (C=O) groups excluding carboxylic acids is 4. The quantitative estimate of drug-likeness (QED) is 0.0222. The van der Waals surface area contributed by atoms with Gasteiger partial charge in [-0.15, -0.1) is 0 Å². The van der Waals surface area contributed by atoms with Crippen molar-refractivity contribution in [2.75, 3.05) is 39.6 Å². The molecule has 0 aromatic rings. The molecule has 0 aromatic heterocycles. The number of phosphoric ester groups is 2. The normalized spacial score (nSPS) is 14.1. The van der Waals surface area contributed by atoms with Gasteiger partial charge in [0.1, 0.15) is 19.3 Å². The van der Waals surface area contributed by atoms with E-state index in [0.717, 1.165) is 102 Å². The summed E-state index contributed by atoms with van der Waals surface area (Å²) in [5, 5.41) is 10.7. The third-order valence-electron chi connectivity index (χ3n) is 20.3. The van der Waals surface area contributed by atoms with Gasteiger partial charge in [0.15, 0.2) is 12.2 Å². The van der Waals surface area contributed by atoms with E-state index in [1.54, 1.807) is 0 Å². The van der Waals surface area contributed by atoms with Crippen LogP contribution >= 0.6 is 15.6 Å². The summed E-state index contributed by atoms with van der Waals surface area (Å²) in [5.41, 5.74) is 0. The highest BCUT2D eigenvalue weighted by atomic mass is 31.2. The van der Waals surface area contributed by atoms with E-state index in [2.05, 4.69) is 41.5 Å². The van der Waals surface area contributed by atoms with Gasteiger partial charge < -0.3 is 33.8 Å². The first-order valence-electron chi connectivity index (χ1n) is 44.0. The molecule has 0 radical (unpaired) electrons. The zero-order chi connectivity index (χ0) is 76.4. The summed E-state index contributed by atoms with van der Waals surface area (Å²) in [5.74, 6) is -0.530. The number of phosphoric acid groups is 2. The average Bonchev–Trinajstić information content (AvgIpc) is 0.904. The molecule has 0 saturated carbocycles. The smallest absolute Gasteiger partial charge is 0.462 e. The van der Waals surface area contributed by atoms with Crippen LogP contribution in [0.3, 0.4) is 0 Å². The first-order valence-corrected chi connectivity index (χ1v) is 47.0. The first-order chi connectivity index (χ1) is 50.4. The molecule has 104 heavy (non-hydrogen) atoms. The minimum Gasteiger partial charge on any atom is -0.462 e. The largest absolute Gasteiger partial charge is 0.472 e. The van der Waals surface area contributed by atoms with Crippen molar-refractivity contribution in [2.24, 2.45) is 11.8 Å². The summed E-state index contributed by atoms with van der Waals surface area (Å²) in [6.45, 7) is 9.66. The fraction of sp³-hybridized carbons (Fsp3) is 0.953. The molecule has 0 spiro atoms. The molecular weight excluding hydrogens is 1350 g/mol. The summed E-state index contributed by atoms with van der Waals surface area (Å²) in [7, 11) is -9.92. The van der Waals surface area contributed by atoms with Gasteiger partial charge >= 0.3 is 39.5 Å². The Kier molecular flexibility index (Phi) is 75.0. The number of ether oxygens (including phenoxy) is 4. The van der Waals surface area contributed by atoms with Crippen LogP contribution in [0.15, 0.2) is 0 Å². The van der Waals surface area contributed by atoms with E-state index < -0.39 is 97.5 Å². The minimum atomic E-state index is -4.96. The lowest BCUT2D eigenvalue weighted by Gasteiger charge is -2.21. The maximum Gasteiger partial charge on any atom is 0.472 e. The Morgan fingerprint density at radius 2 is 0.490 bits per heavy atom. The van der Waals surface area contributed by atoms with Crippen molar-refractivity contribution in [3.8, 4) is 0 Å². The van der Waals surface area contributed by atoms with Gasteiger partial charge in [-0.05, 0) is 37.5 Å². The van der Waals surface area contributed by atoms with Crippen LogP contribution in [-0.4, -0.2) is 96.7 Å². The maximum absolute atomic E-state index is 13.1. The molecule has 0 aliphatic rings. The molecule has 0 bridgehead atoms. The van der Waals surface area contributed by atoms with Crippen LogP contribution in [0.2, 0.25) is 0 Å². The molecule has 6 atom stereocenters. The van der Waals surface area contributed by atoms with Gasteiger partial charge in [-0.1, -0.05) is 401 Å². The Hall–Kier alpha value is -1.94. The molecule has 0 aliphatic heterocycles. The molecule has 0 saturated heterocycles. The van der Waals surface area contributed by atoms with Crippen LogP contribution < -0.4 is 0 Å². The highest BCUT2D eigenvalue weighted by molar-refractivity contribution is 7.47. The summed E-state index contributed by atoms with van der Waals surface area (Å²) < 4.78 is 68.8. The van der Waals surface area contributed by atoms with Crippen molar-refractivity contribution < 1.29 is 80.2 Å². The predicted octanol–water partition coefficient (Wildman–Crippen LogP) is 25.8. The number of aliphatic hydroxyl groups excluding tert-OH is 1. The van der Waals surface area contributed by atoms with Crippen LogP contribution in [0.4, 0.5) is 0 Å². The van der Waals surface area contributed by atoms with Gasteiger partial charge in [-0.3, -0.25) is 37.3 Å². The van der Waals surface area contributed by atoms with Crippen molar-refractivity contribution >= 4 is 39.5 Å². The van der Waals surface area contributed by atoms with Crippen LogP contribution in [0, 0.1) is 11.8 Å². The van der Waals surface area contributed by atoms with Crippen molar-refractivity contribution in [1.82, 2.24) is 0 Å². The van der Waals surface area contributed by atoms with Crippen LogP contribution in [0.5, 0.6) is 0 Å². The van der Waals surface area contributed by atoms with Gasteiger partial charge in [0.05, 0.1) is 26.4 Å². The van der Waals surface area contributed by atoms with Gasteiger partial charge in [0, 0.05) is 25.7 Å². The molecule has 0 aromatic carbocycles. The van der Waals surface area contributed by atoms with Crippen molar-refractivity contribution in [3.05, 3.63) is 0 Å². The van der Waals surface area contributed by atoms with Gasteiger partial charge in [-0.25, -0.2) is 9.13 Å². The third kappa shape index (κ3) is 76.8. The molecular formula is C85H166O17P2. The molecule has 0 fully saturated rings. The molecule has 0 heterocycles. The summed E-state index contributed by atoms with van der Waals surface area (Å²) in [6, 6.07) is 0. The summed E-state index contributed by atoms with van der Waals surface area (Å²) >= 11 is 0. The van der Waals surface area contributed by atoms with Crippen molar-refractivity contribution in [2.45, 2.75) is 471 Å². The summed E-state index contributed by atoms with van der Waals surface area (Å²) in [4.78, 5) is 73.1. The Morgan fingerprint density at radius 3 is 0.731 bits per heavy atom. The average molecular weight is 1520 g/mol. The van der Waals surface area contributed by atoms with Gasteiger partial charge in [0.2, 0.25) is 0 Å². The Balaban J connectivity index is 5.18. The fourth-order valence-corrected chi connectivity index (χ4v) is 14.8. The predicted molar refractivity (Wildman–Crippen MR) is 428 cm³/mol. The second-order valence-corrected chi connectivity index (χ2v) is 34.2. The topological polar surface area (TPSA) is 237 Å². The molecule has 3 N–H and O–H groups in total. The number of carbonyl (C=O) groups is 4. The molecule has 19 heteroatoms. The number of unbranched alkanes of at least 4 members (excludes halogenated alkanes) is 53. The highest BCUT2D eigenvalue weighted by Gasteiger charge is 2.30. The maximum atomic E-state index is 13.1. The monoisotopic (exact) mass is 1520 g/mol. The number of aliphatic hydroxyl groups is 1. The Morgan fingerprint density at radius 1 is 0.279 bits per heavy atom. The molecule has 3 unspecified atom stereocenters. The molecule has 17 nitrogen and oxygen atoms in total. The lowest BCUT2D eigenvalue weighted by Crippen LogP contribution is -2.30. The summed E-state index contributed by atoms with van der Waals surface area (Å²) in [6.07, 6.45) is 68.3. The first kappa shape index (κ1) is 102. The van der Waals surface area contributed by atoms with Crippen molar-refractivity contribution in [3.63, 3.8) is 0 Å². The molecule has 0 amide bonds. The Labute approximate surface area is 638 Å². The van der Waals surface area contributed by atoms with Crippen molar-refractivity contribution in [1.29, 1.82) is 0 Å². The van der Waals surface area contributed by atoms with Gasteiger partial charge in [0.25, 0.3) is 0 Å². The van der Waals surface area contributed by atoms with E-state index in [0.29, 0.717) is 31.6 Å². The lowest BCUT2D eigenvalue weighted by molar-refractivity contribution is -0.161.